The summed E-state index contributed by atoms with van der Waals surface area (Å²) in [6.45, 7) is 4.80. The monoisotopic (exact) mass is 419 g/mol. The van der Waals surface area contributed by atoms with E-state index in [2.05, 4.69) is 31.4 Å². The average molecular weight is 420 g/mol. The van der Waals surface area contributed by atoms with Gasteiger partial charge in [-0.25, -0.2) is 4.39 Å². The SMILES string of the molecule is Cc1nn(CCC(=O)Nc2ccn(Cc3cccc(F)c3)n2)c(C)c1Br. The van der Waals surface area contributed by atoms with Crippen LogP contribution >= 0.6 is 15.9 Å². The van der Waals surface area contributed by atoms with Gasteiger partial charge >= 0.3 is 0 Å². The molecule has 2 aromatic heterocycles. The first-order valence-electron chi connectivity index (χ1n) is 8.19. The molecule has 2 heterocycles. The maximum Gasteiger partial charge on any atom is 0.227 e. The highest BCUT2D eigenvalue weighted by atomic mass is 79.9. The van der Waals surface area contributed by atoms with Crippen LogP contribution in [0.2, 0.25) is 0 Å². The molecule has 6 nitrogen and oxygen atoms in total. The quantitative estimate of drug-likeness (QED) is 0.662. The highest BCUT2D eigenvalue weighted by molar-refractivity contribution is 9.10. The molecule has 0 aliphatic heterocycles. The second-order valence-electron chi connectivity index (χ2n) is 6.03. The van der Waals surface area contributed by atoms with Crippen LogP contribution in [-0.4, -0.2) is 25.5 Å². The van der Waals surface area contributed by atoms with Crippen molar-refractivity contribution >= 4 is 27.7 Å². The average Bonchev–Trinajstić information content (AvgIpc) is 3.12. The lowest BCUT2D eigenvalue weighted by molar-refractivity contribution is -0.116. The van der Waals surface area contributed by atoms with Crippen LogP contribution in [0.25, 0.3) is 0 Å². The Morgan fingerprint density at radius 2 is 2.08 bits per heavy atom. The Kier molecular flexibility index (Phi) is 5.51. The van der Waals surface area contributed by atoms with Crippen molar-refractivity contribution in [3.8, 4) is 0 Å². The number of carbonyl (C=O) groups is 1. The first kappa shape index (κ1) is 18.3. The van der Waals surface area contributed by atoms with E-state index < -0.39 is 0 Å². The Morgan fingerprint density at radius 3 is 2.77 bits per heavy atom. The van der Waals surface area contributed by atoms with Gasteiger partial charge in [0.1, 0.15) is 5.82 Å². The first-order chi connectivity index (χ1) is 12.4. The summed E-state index contributed by atoms with van der Waals surface area (Å²) >= 11 is 3.47. The zero-order chi connectivity index (χ0) is 18.7. The number of halogens is 2. The van der Waals surface area contributed by atoms with Gasteiger partial charge in [0.25, 0.3) is 0 Å². The first-order valence-corrected chi connectivity index (χ1v) is 8.99. The maximum atomic E-state index is 13.2. The smallest absolute Gasteiger partial charge is 0.227 e. The van der Waals surface area contributed by atoms with Gasteiger partial charge in [-0.05, 0) is 47.5 Å². The van der Waals surface area contributed by atoms with Crippen LogP contribution in [0.5, 0.6) is 0 Å². The molecule has 0 saturated heterocycles. The van der Waals surface area contributed by atoms with Crippen molar-refractivity contribution < 1.29 is 9.18 Å². The predicted octanol–water partition coefficient (Wildman–Crippen LogP) is 3.68. The fourth-order valence-electron chi connectivity index (χ4n) is 2.64. The minimum Gasteiger partial charge on any atom is -0.309 e. The van der Waals surface area contributed by atoms with Crippen molar-refractivity contribution in [3.63, 3.8) is 0 Å². The molecular formula is C18H19BrFN5O. The predicted molar refractivity (Wildman–Crippen MR) is 100 cm³/mol. The number of nitrogens with zero attached hydrogens (tertiary/aromatic N) is 4. The van der Waals surface area contributed by atoms with E-state index in [0.717, 1.165) is 21.4 Å². The number of anilines is 1. The molecule has 26 heavy (non-hydrogen) atoms. The molecule has 0 bridgehead atoms. The second kappa shape index (κ2) is 7.82. The minimum absolute atomic E-state index is 0.135. The Bertz CT molecular complexity index is 934. The van der Waals surface area contributed by atoms with Gasteiger partial charge in [0, 0.05) is 24.4 Å². The molecule has 1 aromatic carbocycles. The summed E-state index contributed by atoms with van der Waals surface area (Å²) < 4.78 is 17.7. The summed E-state index contributed by atoms with van der Waals surface area (Å²) in [5, 5.41) is 11.5. The molecule has 1 amide bonds. The van der Waals surface area contributed by atoms with E-state index in [1.807, 2.05) is 24.6 Å². The number of hydrogen-bond donors (Lipinski definition) is 1. The van der Waals surface area contributed by atoms with E-state index in [1.165, 1.54) is 12.1 Å². The Labute approximate surface area is 159 Å². The molecular weight excluding hydrogens is 401 g/mol. The van der Waals surface area contributed by atoms with Crippen molar-refractivity contribution in [2.24, 2.45) is 0 Å². The number of benzene rings is 1. The molecule has 0 aliphatic carbocycles. The van der Waals surface area contributed by atoms with E-state index in [0.29, 0.717) is 25.3 Å². The lowest BCUT2D eigenvalue weighted by atomic mass is 10.2. The largest absolute Gasteiger partial charge is 0.309 e. The Morgan fingerprint density at radius 1 is 1.27 bits per heavy atom. The summed E-state index contributed by atoms with van der Waals surface area (Å²) in [6.07, 6.45) is 2.05. The molecule has 0 atom stereocenters. The van der Waals surface area contributed by atoms with Crippen LogP contribution in [0.4, 0.5) is 10.2 Å². The van der Waals surface area contributed by atoms with E-state index in [9.17, 15) is 9.18 Å². The molecule has 0 fully saturated rings. The van der Waals surface area contributed by atoms with Crippen molar-refractivity contribution in [1.82, 2.24) is 19.6 Å². The third-order valence-electron chi connectivity index (χ3n) is 3.99. The number of amides is 1. The fourth-order valence-corrected chi connectivity index (χ4v) is 2.93. The normalized spacial score (nSPS) is 10.9. The zero-order valence-electron chi connectivity index (χ0n) is 14.5. The summed E-state index contributed by atoms with van der Waals surface area (Å²) in [6, 6.07) is 8.08. The van der Waals surface area contributed by atoms with Crippen molar-refractivity contribution in [2.45, 2.75) is 33.4 Å². The number of nitrogens with one attached hydrogen (secondary N) is 1. The van der Waals surface area contributed by atoms with Gasteiger partial charge in [-0.1, -0.05) is 12.1 Å². The van der Waals surface area contributed by atoms with Crippen LogP contribution in [0.1, 0.15) is 23.4 Å². The zero-order valence-corrected chi connectivity index (χ0v) is 16.1. The molecule has 1 N–H and O–H groups in total. The standard InChI is InChI=1S/C18H19BrFN5O/c1-12-18(19)13(2)25(22-12)9-7-17(26)21-16-6-8-24(23-16)11-14-4-3-5-15(20)10-14/h3-6,8,10H,7,9,11H2,1-2H3,(H,21,23,26). The number of hydrogen-bond acceptors (Lipinski definition) is 3. The Hall–Kier alpha value is -2.48. The van der Waals surface area contributed by atoms with Gasteiger partial charge in [-0.15, -0.1) is 0 Å². The molecule has 0 aliphatic rings. The maximum absolute atomic E-state index is 13.2. The van der Waals surface area contributed by atoms with Crippen LogP contribution in [-0.2, 0) is 17.9 Å². The summed E-state index contributed by atoms with van der Waals surface area (Å²) in [5.41, 5.74) is 2.70. The lowest BCUT2D eigenvalue weighted by Crippen LogP contribution is -2.16. The molecule has 0 saturated carbocycles. The summed E-state index contributed by atoms with van der Waals surface area (Å²) in [5.74, 6) is 0.0598. The third-order valence-corrected chi connectivity index (χ3v) is 5.13. The van der Waals surface area contributed by atoms with Gasteiger partial charge in [-0.2, -0.15) is 10.2 Å². The van der Waals surface area contributed by atoms with Crippen LogP contribution in [0.15, 0.2) is 41.0 Å². The molecule has 8 heteroatoms. The topological polar surface area (TPSA) is 64.7 Å². The number of rotatable bonds is 6. The number of carbonyl (C=O) groups excluding carboxylic acids is 1. The van der Waals surface area contributed by atoms with Crippen molar-refractivity contribution in [3.05, 3.63) is 63.8 Å². The van der Waals surface area contributed by atoms with Gasteiger partial charge in [-0.3, -0.25) is 14.2 Å². The minimum atomic E-state index is -0.279. The Balaban J connectivity index is 1.55. The van der Waals surface area contributed by atoms with Gasteiger partial charge < -0.3 is 5.32 Å². The highest BCUT2D eigenvalue weighted by Crippen LogP contribution is 2.20. The van der Waals surface area contributed by atoms with E-state index in [4.69, 9.17) is 0 Å². The second-order valence-corrected chi connectivity index (χ2v) is 6.83. The van der Waals surface area contributed by atoms with E-state index in [-0.39, 0.29) is 11.7 Å². The van der Waals surface area contributed by atoms with Crippen LogP contribution in [0, 0.1) is 19.7 Å². The molecule has 3 aromatic rings. The fraction of sp³-hybridized carbons (Fsp3) is 0.278. The lowest BCUT2D eigenvalue weighted by Gasteiger charge is -2.05. The highest BCUT2D eigenvalue weighted by Gasteiger charge is 2.11. The van der Waals surface area contributed by atoms with Gasteiger partial charge in [0.2, 0.25) is 5.91 Å². The third kappa shape index (κ3) is 4.37. The molecule has 0 spiro atoms. The van der Waals surface area contributed by atoms with Crippen molar-refractivity contribution in [1.29, 1.82) is 0 Å². The van der Waals surface area contributed by atoms with Gasteiger partial charge in [0.15, 0.2) is 5.82 Å². The molecule has 0 radical (unpaired) electrons. The summed E-state index contributed by atoms with van der Waals surface area (Å²) in [4.78, 5) is 12.1. The number of aromatic nitrogens is 4. The van der Waals surface area contributed by atoms with Gasteiger partial charge in [0.05, 0.1) is 23.3 Å². The summed E-state index contributed by atoms with van der Waals surface area (Å²) in [7, 11) is 0. The number of aryl methyl sites for hydroxylation is 2. The molecule has 3 rings (SSSR count). The van der Waals surface area contributed by atoms with Crippen LogP contribution < -0.4 is 5.32 Å². The van der Waals surface area contributed by atoms with Crippen LogP contribution in [0.3, 0.4) is 0 Å². The molecule has 0 unspecified atom stereocenters. The van der Waals surface area contributed by atoms with Crippen molar-refractivity contribution in [2.75, 3.05) is 5.32 Å². The van der Waals surface area contributed by atoms with E-state index in [1.54, 1.807) is 23.0 Å². The van der Waals surface area contributed by atoms with E-state index >= 15 is 0 Å². The molecule has 136 valence electrons.